The van der Waals surface area contributed by atoms with Crippen molar-refractivity contribution in [3.63, 3.8) is 0 Å². The van der Waals surface area contributed by atoms with Gasteiger partial charge >= 0.3 is 0 Å². The van der Waals surface area contributed by atoms with Gasteiger partial charge in [-0.15, -0.1) is 5.10 Å². The summed E-state index contributed by atoms with van der Waals surface area (Å²) < 4.78 is 11.2. The molecule has 0 aliphatic heterocycles. The van der Waals surface area contributed by atoms with Crippen LogP contribution in [0.15, 0.2) is 49.4 Å². The van der Waals surface area contributed by atoms with Crippen LogP contribution in [0.5, 0.6) is 11.5 Å². The number of aromatic hydroxyl groups is 1. The van der Waals surface area contributed by atoms with Crippen LogP contribution in [0.2, 0.25) is 0 Å². The van der Waals surface area contributed by atoms with Crippen molar-refractivity contribution in [3.05, 3.63) is 51.0 Å². The molecule has 24 heavy (non-hydrogen) atoms. The van der Waals surface area contributed by atoms with Crippen LogP contribution in [0.3, 0.4) is 0 Å². The molecular formula is C15H12BrN3O4S. The number of thioether (sulfide) groups is 1. The Balaban J connectivity index is 1.72. The molecule has 0 fully saturated rings. The number of hydrogen-bond donors (Lipinski definition) is 2. The average Bonchev–Trinajstić information content (AvgIpc) is 3.05. The third-order valence-electron chi connectivity index (χ3n) is 3.10. The van der Waals surface area contributed by atoms with Crippen LogP contribution in [-0.4, -0.2) is 27.4 Å². The van der Waals surface area contributed by atoms with Gasteiger partial charge in [-0.3, -0.25) is 9.89 Å². The highest BCUT2D eigenvalue weighted by atomic mass is 79.9. The van der Waals surface area contributed by atoms with Crippen molar-refractivity contribution in [1.29, 1.82) is 0 Å². The van der Waals surface area contributed by atoms with Crippen molar-refractivity contribution in [2.75, 3.05) is 7.11 Å². The fourth-order valence-corrected chi connectivity index (χ4v) is 3.14. The van der Waals surface area contributed by atoms with E-state index < -0.39 is 11.2 Å². The molecule has 2 N–H and O–H groups in total. The van der Waals surface area contributed by atoms with E-state index in [1.165, 1.54) is 17.8 Å². The van der Waals surface area contributed by atoms with Gasteiger partial charge in [0, 0.05) is 11.6 Å². The van der Waals surface area contributed by atoms with Crippen molar-refractivity contribution in [1.82, 2.24) is 15.2 Å². The quantitative estimate of drug-likeness (QED) is 0.623. The minimum absolute atomic E-state index is 0.374. The molecule has 0 aliphatic carbocycles. The molecule has 0 saturated heterocycles. The van der Waals surface area contributed by atoms with E-state index in [0.717, 1.165) is 22.0 Å². The summed E-state index contributed by atoms with van der Waals surface area (Å²) in [5.41, 5.74) is 0.383. The highest BCUT2D eigenvalue weighted by molar-refractivity contribution is 9.10. The first-order valence-electron chi connectivity index (χ1n) is 6.76. The monoisotopic (exact) mass is 409 g/mol. The van der Waals surface area contributed by atoms with Gasteiger partial charge in [0.2, 0.25) is 10.6 Å². The van der Waals surface area contributed by atoms with Gasteiger partial charge in [-0.05, 0) is 34.1 Å². The topological polar surface area (TPSA) is 101 Å². The largest absolute Gasteiger partial charge is 0.502 e. The second-order valence-corrected chi connectivity index (χ2v) is 6.50. The molecule has 0 amide bonds. The van der Waals surface area contributed by atoms with Crippen LogP contribution in [-0.2, 0) is 5.75 Å². The fraction of sp³-hybridized carbons (Fsp3) is 0.133. The van der Waals surface area contributed by atoms with E-state index in [9.17, 15) is 4.79 Å². The van der Waals surface area contributed by atoms with Crippen LogP contribution >= 0.6 is 27.7 Å². The first kappa shape index (κ1) is 16.6. The number of nitrogens with zero attached hydrogens (tertiary/aromatic N) is 2. The van der Waals surface area contributed by atoms with Gasteiger partial charge in [-0.2, -0.15) is 0 Å². The van der Waals surface area contributed by atoms with Crippen LogP contribution in [0, 0.1) is 0 Å². The maximum Gasteiger partial charge on any atom is 0.226 e. The Labute approximate surface area is 149 Å². The SMILES string of the molecule is COc1ccc(-c2nc(SCc3cc(=O)c(O)co3)n[nH]2)cc1Br. The lowest BCUT2D eigenvalue weighted by molar-refractivity contribution is 0.412. The molecule has 0 unspecified atom stereocenters. The molecule has 0 radical (unpaired) electrons. The molecule has 2 aromatic heterocycles. The van der Waals surface area contributed by atoms with Gasteiger partial charge < -0.3 is 14.3 Å². The normalized spacial score (nSPS) is 10.8. The van der Waals surface area contributed by atoms with Crippen molar-refractivity contribution in [2.24, 2.45) is 0 Å². The van der Waals surface area contributed by atoms with E-state index in [2.05, 4.69) is 31.1 Å². The van der Waals surface area contributed by atoms with E-state index in [0.29, 0.717) is 22.5 Å². The first-order valence-corrected chi connectivity index (χ1v) is 8.54. The minimum atomic E-state index is -0.476. The third kappa shape index (κ3) is 3.62. The van der Waals surface area contributed by atoms with E-state index >= 15 is 0 Å². The van der Waals surface area contributed by atoms with Gasteiger partial charge in [0.15, 0.2) is 11.6 Å². The lowest BCUT2D eigenvalue weighted by atomic mass is 10.2. The van der Waals surface area contributed by atoms with Crippen molar-refractivity contribution < 1.29 is 14.3 Å². The molecule has 0 aliphatic rings. The van der Waals surface area contributed by atoms with E-state index in [1.54, 1.807) is 7.11 Å². The lowest BCUT2D eigenvalue weighted by Crippen LogP contribution is -1.99. The van der Waals surface area contributed by atoms with Crippen molar-refractivity contribution in [2.45, 2.75) is 10.9 Å². The number of H-pyrrole nitrogens is 1. The Morgan fingerprint density at radius 1 is 1.42 bits per heavy atom. The van der Waals surface area contributed by atoms with Gasteiger partial charge in [0.25, 0.3) is 0 Å². The smallest absolute Gasteiger partial charge is 0.226 e. The summed E-state index contributed by atoms with van der Waals surface area (Å²) in [6.45, 7) is 0. The standard InChI is InChI=1S/C15H12BrN3O4S/c1-22-13-3-2-8(4-10(13)16)14-17-15(19-18-14)24-7-9-5-11(20)12(21)6-23-9/h2-6,21H,7H2,1H3,(H,17,18,19). The Bertz CT molecular complexity index is 925. The molecule has 0 bridgehead atoms. The second kappa shape index (κ2) is 7.10. The van der Waals surface area contributed by atoms with Crippen LogP contribution in [0.25, 0.3) is 11.4 Å². The number of benzene rings is 1. The number of nitrogens with one attached hydrogen (secondary N) is 1. The summed E-state index contributed by atoms with van der Waals surface area (Å²) in [6.07, 6.45) is 1.02. The molecule has 0 spiro atoms. The molecule has 2 heterocycles. The van der Waals surface area contributed by atoms with E-state index in [4.69, 9.17) is 14.3 Å². The first-order chi connectivity index (χ1) is 11.6. The highest BCUT2D eigenvalue weighted by Crippen LogP contribution is 2.30. The minimum Gasteiger partial charge on any atom is -0.502 e. The van der Waals surface area contributed by atoms with Crippen LogP contribution in [0.4, 0.5) is 0 Å². The fourth-order valence-electron chi connectivity index (χ4n) is 1.91. The van der Waals surface area contributed by atoms with E-state index in [-0.39, 0.29) is 0 Å². The van der Waals surface area contributed by atoms with Crippen LogP contribution in [0.1, 0.15) is 5.76 Å². The lowest BCUT2D eigenvalue weighted by Gasteiger charge is -2.03. The Morgan fingerprint density at radius 2 is 2.25 bits per heavy atom. The number of aromatic nitrogens is 3. The van der Waals surface area contributed by atoms with Crippen LogP contribution < -0.4 is 10.2 Å². The summed E-state index contributed by atoms with van der Waals surface area (Å²) >= 11 is 4.74. The Morgan fingerprint density at radius 3 is 2.96 bits per heavy atom. The summed E-state index contributed by atoms with van der Waals surface area (Å²) in [6, 6.07) is 6.83. The predicted molar refractivity (Wildman–Crippen MR) is 92.3 cm³/mol. The van der Waals surface area contributed by atoms with Gasteiger partial charge in [0.05, 0.1) is 17.3 Å². The zero-order valence-electron chi connectivity index (χ0n) is 12.4. The summed E-state index contributed by atoms with van der Waals surface area (Å²) in [7, 11) is 1.60. The third-order valence-corrected chi connectivity index (χ3v) is 4.59. The van der Waals surface area contributed by atoms with Crippen molar-refractivity contribution in [3.8, 4) is 22.9 Å². The highest BCUT2D eigenvalue weighted by Gasteiger charge is 2.10. The molecule has 9 heteroatoms. The van der Waals surface area contributed by atoms with Crippen molar-refractivity contribution >= 4 is 27.7 Å². The van der Waals surface area contributed by atoms with E-state index in [1.807, 2.05) is 18.2 Å². The summed E-state index contributed by atoms with van der Waals surface area (Å²) in [5, 5.41) is 16.7. The molecular weight excluding hydrogens is 398 g/mol. The zero-order valence-corrected chi connectivity index (χ0v) is 14.8. The second-order valence-electron chi connectivity index (χ2n) is 4.70. The maximum atomic E-state index is 11.4. The number of hydrogen-bond acceptors (Lipinski definition) is 7. The summed E-state index contributed by atoms with van der Waals surface area (Å²) in [4.78, 5) is 15.8. The van der Waals surface area contributed by atoms with Gasteiger partial charge in [-0.25, -0.2) is 4.98 Å². The van der Waals surface area contributed by atoms with Gasteiger partial charge in [-0.1, -0.05) is 11.8 Å². The number of aromatic amines is 1. The molecule has 3 aromatic rings. The molecule has 0 atom stereocenters. The Hall–Kier alpha value is -2.26. The number of ether oxygens (including phenoxy) is 1. The number of halogens is 1. The maximum absolute atomic E-state index is 11.4. The number of methoxy groups -OCH3 is 1. The molecule has 7 nitrogen and oxygen atoms in total. The Kier molecular flexibility index (Phi) is 4.91. The van der Waals surface area contributed by atoms with Gasteiger partial charge in [0.1, 0.15) is 17.8 Å². The average molecular weight is 410 g/mol. The molecule has 0 saturated carbocycles. The molecule has 3 rings (SSSR count). The predicted octanol–water partition coefficient (Wildman–Crippen LogP) is 3.19. The molecule has 1 aromatic carbocycles. The molecule has 124 valence electrons. The number of rotatable bonds is 5. The zero-order chi connectivity index (χ0) is 17.1. The summed E-state index contributed by atoms with van der Waals surface area (Å²) in [5.74, 6) is 1.75.